The Morgan fingerprint density at radius 1 is 1.52 bits per heavy atom. The summed E-state index contributed by atoms with van der Waals surface area (Å²) in [5.74, 6) is 5.56. The Morgan fingerprint density at radius 2 is 2.29 bits per heavy atom. The summed E-state index contributed by atoms with van der Waals surface area (Å²) in [6.07, 6.45) is 9.26. The van der Waals surface area contributed by atoms with Gasteiger partial charge in [0.05, 0.1) is 11.4 Å². The summed E-state index contributed by atoms with van der Waals surface area (Å²) in [5.41, 5.74) is 10.6. The summed E-state index contributed by atoms with van der Waals surface area (Å²) in [7, 11) is 1.72. The normalized spacial score (nSPS) is 12.0. The molecule has 6 heteroatoms. The zero-order valence-electron chi connectivity index (χ0n) is 12.1. The Morgan fingerprint density at radius 3 is 2.95 bits per heavy atom. The van der Waals surface area contributed by atoms with E-state index in [2.05, 4.69) is 16.5 Å². The Balaban J connectivity index is 2.39. The van der Waals surface area contributed by atoms with Crippen molar-refractivity contribution in [1.29, 1.82) is 0 Å². The summed E-state index contributed by atoms with van der Waals surface area (Å²) in [6.45, 7) is 5.72. The van der Waals surface area contributed by atoms with Gasteiger partial charge in [-0.3, -0.25) is 0 Å². The molecule has 0 aromatic carbocycles. The van der Waals surface area contributed by atoms with E-state index in [0.717, 1.165) is 27.5 Å². The number of hydrogen-bond donors (Lipinski definition) is 3. The summed E-state index contributed by atoms with van der Waals surface area (Å²) < 4.78 is 0. The average Bonchev–Trinajstić information content (AvgIpc) is 3.02. The van der Waals surface area contributed by atoms with Crippen molar-refractivity contribution in [2.24, 2.45) is 11.6 Å². The van der Waals surface area contributed by atoms with Gasteiger partial charge in [-0.05, 0) is 6.92 Å². The van der Waals surface area contributed by atoms with E-state index >= 15 is 0 Å². The number of rotatable bonds is 5. The highest BCUT2D eigenvalue weighted by Gasteiger charge is 2.12. The van der Waals surface area contributed by atoms with Gasteiger partial charge in [0.15, 0.2) is 0 Å². The highest BCUT2D eigenvalue weighted by molar-refractivity contribution is 7.11. The number of hydrogen-bond acceptors (Lipinski definition) is 5. The molecule has 0 aliphatic rings. The lowest BCUT2D eigenvalue weighted by atomic mass is 10.1. The Labute approximate surface area is 128 Å². The molecule has 0 fully saturated rings. The molecular formula is C15H19N5S. The molecule has 2 heterocycles. The first kappa shape index (κ1) is 15.1. The SMILES string of the molecule is C=C/C=C\c1c(-c2csc(/C(N)=C/N(C)N)n2)c[nH]c1C. The van der Waals surface area contributed by atoms with E-state index < -0.39 is 0 Å². The van der Waals surface area contributed by atoms with Crippen molar-refractivity contribution in [3.8, 4) is 11.3 Å². The van der Waals surface area contributed by atoms with Gasteiger partial charge in [-0.2, -0.15) is 0 Å². The zero-order chi connectivity index (χ0) is 15.4. The van der Waals surface area contributed by atoms with E-state index in [1.54, 1.807) is 19.3 Å². The Bertz CT molecular complexity index is 691. The van der Waals surface area contributed by atoms with E-state index in [1.165, 1.54) is 16.3 Å². The highest BCUT2D eigenvalue weighted by Crippen LogP contribution is 2.29. The second-order valence-corrected chi connectivity index (χ2v) is 5.48. The maximum atomic E-state index is 5.96. The summed E-state index contributed by atoms with van der Waals surface area (Å²) in [6, 6.07) is 0. The number of nitrogens with zero attached hydrogens (tertiary/aromatic N) is 2. The van der Waals surface area contributed by atoms with Crippen molar-refractivity contribution in [2.75, 3.05) is 7.05 Å². The standard InChI is InChI=1S/C15H19N5S/c1-4-5-6-11-10(2)18-7-12(11)14-9-21-15(19-14)13(16)8-20(3)17/h4-9,18H,1,16-17H2,2-3H3/b6-5-,13-8-. The van der Waals surface area contributed by atoms with Crippen LogP contribution in [-0.2, 0) is 0 Å². The molecule has 110 valence electrons. The van der Waals surface area contributed by atoms with Crippen LogP contribution < -0.4 is 11.6 Å². The topological polar surface area (TPSA) is 84.0 Å². The van der Waals surface area contributed by atoms with Crippen LogP contribution in [0.15, 0.2) is 36.5 Å². The fourth-order valence-electron chi connectivity index (χ4n) is 1.93. The second-order valence-electron chi connectivity index (χ2n) is 4.62. The Kier molecular flexibility index (Phi) is 4.62. The van der Waals surface area contributed by atoms with Gasteiger partial charge < -0.3 is 15.7 Å². The molecule has 0 spiro atoms. The van der Waals surface area contributed by atoms with Gasteiger partial charge in [-0.25, -0.2) is 10.8 Å². The third-order valence-corrected chi connectivity index (χ3v) is 3.79. The van der Waals surface area contributed by atoms with E-state index in [4.69, 9.17) is 11.6 Å². The molecule has 0 aliphatic heterocycles. The minimum Gasteiger partial charge on any atom is -0.395 e. The van der Waals surface area contributed by atoms with E-state index in [0.29, 0.717) is 5.70 Å². The maximum Gasteiger partial charge on any atom is 0.141 e. The molecule has 0 saturated heterocycles. The lowest BCUT2D eigenvalue weighted by Crippen LogP contribution is -2.20. The molecule has 0 unspecified atom stereocenters. The van der Waals surface area contributed by atoms with Crippen molar-refractivity contribution in [2.45, 2.75) is 6.92 Å². The summed E-state index contributed by atoms with van der Waals surface area (Å²) >= 11 is 1.49. The number of nitrogens with two attached hydrogens (primary N) is 2. The van der Waals surface area contributed by atoms with Crippen molar-refractivity contribution >= 4 is 23.1 Å². The number of thiazole rings is 1. The van der Waals surface area contributed by atoms with Crippen LogP contribution >= 0.6 is 11.3 Å². The molecule has 0 aliphatic carbocycles. The van der Waals surface area contributed by atoms with E-state index in [1.807, 2.05) is 30.7 Å². The minimum atomic E-state index is 0.548. The third kappa shape index (κ3) is 3.42. The van der Waals surface area contributed by atoms with Crippen LogP contribution in [0.3, 0.4) is 0 Å². The first-order valence-electron chi connectivity index (χ1n) is 6.41. The molecule has 0 bridgehead atoms. The van der Waals surface area contributed by atoms with Gasteiger partial charge in [0.1, 0.15) is 5.01 Å². The zero-order valence-corrected chi connectivity index (χ0v) is 12.9. The van der Waals surface area contributed by atoms with Gasteiger partial charge >= 0.3 is 0 Å². The van der Waals surface area contributed by atoms with Crippen LogP contribution in [0.1, 0.15) is 16.3 Å². The van der Waals surface area contributed by atoms with Crippen LogP contribution in [0.5, 0.6) is 0 Å². The first-order valence-corrected chi connectivity index (χ1v) is 7.29. The number of nitrogens with one attached hydrogen (secondary N) is 1. The number of hydrazine groups is 1. The summed E-state index contributed by atoms with van der Waals surface area (Å²) in [5, 5.41) is 4.15. The second kappa shape index (κ2) is 6.43. The fourth-order valence-corrected chi connectivity index (χ4v) is 2.68. The van der Waals surface area contributed by atoms with Gasteiger partial charge in [0.25, 0.3) is 0 Å². The van der Waals surface area contributed by atoms with Crippen LogP contribution in [0, 0.1) is 6.92 Å². The fraction of sp³-hybridized carbons (Fsp3) is 0.133. The van der Waals surface area contributed by atoms with Crippen LogP contribution in [0.2, 0.25) is 0 Å². The van der Waals surface area contributed by atoms with Crippen LogP contribution in [0.4, 0.5) is 0 Å². The molecule has 21 heavy (non-hydrogen) atoms. The number of aromatic amines is 1. The number of aryl methyl sites for hydroxylation is 1. The number of aromatic nitrogens is 2. The third-order valence-electron chi connectivity index (χ3n) is 2.90. The molecule has 5 nitrogen and oxygen atoms in total. The first-order chi connectivity index (χ1) is 10.0. The molecule has 0 atom stereocenters. The smallest absolute Gasteiger partial charge is 0.141 e. The number of H-pyrrole nitrogens is 1. The van der Waals surface area contributed by atoms with Gasteiger partial charge in [-0.15, -0.1) is 11.3 Å². The molecule has 2 aromatic rings. The highest BCUT2D eigenvalue weighted by atomic mass is 32.1. The monoisotopic (exact) mass is 301 g/mol. The predicted octanol–water partition coefficient (Wildman–Crippen LogP) is 2.71. The van der Waals surface area contributed by atoms with Crippen molar-refractivity contribution in [3.05, 3.63) is 52.8 Å². The Hall–Kier alpha value is -2.31. The van der Waals surface area contributed by atoms with Crippen molar-refractivity contribution in [1.82, 2.24) is 15.0 Å². The largest absolute Gasteiger partial charge is 0.395 e. The van der Waals surface area contributed by atoms with Crippen molar-refractivity contribution in [3.63, 3.8) is 0 Å². The minimum absolute atomic E-state index is 0.548. The molecule has 0 radical (unpaired) electrons. The quantitative estimate of drug-likeness (QED) is 0.450. The van der Waals surface area contributed by atoms with Crippen LogP contribution in [-0.4, -0.2) is 22.0 Å². The van der Waals surface area contributed by atoms with Gasteiger partial charge in [0, 0.05) is 41.6 Å². The molecule has 2 rings (SSSR count). The molecule has 2 aromatic heterocycles. The predicted molar refractivity (Wildman–Crippen MR) is 90.0 cm³/mol. The van der Waals surface area contributed by atoms with Crippen LogP contribution in [0.25, 0.3) is 23.0 Å². The molecule has 0 amide bonds. The van der Waals surface area contributed by atoms with E-state index in [9.17, 15) is 0 Å². The molecule has 5 N–H and O–H groups in total. The average molecular weight is 301 g/mol. The van der Waals surface area contributed by atoms with Gasteiger partial charge in [-0.1, -0.05) is 24.8 Å². The molecule has 0 saturated carbocycles. The summed E-state index contributed by atoms with van der Waals surface area (Å²) in [4.78, 5) is 7.80. The lowest BCUT2D eigenvalue weighted by molar-refractivity contribution is 0.486. The maximum absolute atomic E-state index is 5.96. The van der Waals surface area contributed by atoms with Crippen molar-refractivity contribution < 1.29 is 0 Å². The van der Waals surface area contributed by atoms with E-state index in [-0.39, 0.29) is 0 Å². The molecular weight excluding hydrogens is 282 g/mol. The number of allylic oxidation sites excluding steroid dienone is 2. The van der Waals surface area contributed by atoms with Gasteiger partial charge in [0.2, 0.25) is 0 Å². The lowest BCUT2D eigenvalue weighted by Gasteiger charge is -2.05.